The van der Waals surface area contributed by atoms with Crippen molar-refractivity contribution in [2.24, 2.45) is 22.7 Å². The first-order valence-corrected chi connectivity index (χ1v) is 9.71. The number of Topliss-reactive ketones (excluding diaryl/α,β-unsaturated/α-hetero) is 1. The number of ketones is 1. The van der Waals surface area contributed by atoms with Crippen LogP contribution in [0, 0.1) is 22.7 Å². The summed E-state index contributed by atoms with van der Waals surface area (Å²) in [6, 6.07) is 1.65. The SMILES string of the molecule is CC(=O)OC1CCC(C)(C)[C@]2(O)CC(O)[C@H]3C(=O)c4ccoc4C[C@@H]3[C@@]12C. The van der Waals surface area contributed by atoms with Crippen LogP contribution in [0.3, 0.4) is 0 Å². The number of carbonyl (C=O) groups excluding carboxylic acids is 2. The Hall–Kier alpha value is -1.66. The van der Waals surface area contributed by atoms with Crippen LogP contribution in [0.2, 0.25) is 0 Å². The fraction of sp³-hybridized carbons (Fsp3) is 0.714. The van der Waals surface area contributed by atoms with Crippen LogP contribution in [0.25, 0.3) is 0 Å². The second-order valence-electron chi connectivity index (χ2n) is 9.39. The lowest BCUT2D eigenvalue weighted by Gasteiger charge is -2.67. The van der Waals surface area contributed by atoms with Gasteiger partial charge in [0.05, 0.1) is 29.4 Å². The van der Waals surface area contributed by atoms with Crippen molar-refractivity contribution in [3.05, 3.63) is 23.7 Å². The summed E-state index contributed by atoms with van der Waals surface area (Å²) in [6.07, 6.45) is 1.84. The summed E-state index contributed by atoms with van der Waals surface area (Å²) in [5, 5.41) is 22.9. The third-order valence-electron chi connectivity index (χ3n) is 7.86. The maximum absolute atomic E-state index is 13.1. The summed E-state index contributed by atoms with van der Waals surface area (Å²) in [4.78, 5) is 24.9. The van der Waals surface area contributed by atoms with E-state index in [1.807, 2.05) is 20.8 Å². The number of aliphatic hydroxyl groups is 2. The topological polar surface area (TPSA) is 97.0 Å². The third kappa shape index (κ3) is 2.26. The number of esters is 1. The molecule has 1 aromatic rings. The van der Waals surface area contributed by atoms with Gasteiger partial charge in [0.1, 0.15) is 11.9 Å². The summed E-state index contributed by atoms with van der Waals surface area (Å²) in [5.41, 5.74) is -2.12. The van der Waals surface area contributed by atoms with Crippen LogP contribution >= 0.6 is 0 Å². The van der Waals surface area contributed by atoms with Gasteiger partial charge in [0, 0.05) is 25.2 Å². The van der Waals surface area contributed by atoms with Gasteiger partial charge in [-0.05, 0) is 30.2 Å². The number of hydrogen-bond donors (Lipinski definition) is 2. The molecule has 0 aromatic carbocycles. The Morgan fingerprint density at radius 3 is 2.70 bits per heavy atom. The molecule has 27 heavy (non-hydrogen) atoms. The smallest absolute Gasteiger partial charge is 0.302 e. The predicted octanol–water partition coefficient (Wildman–Crippen LogP) is 2.50. The van der Waals surface area contributed by atoms with Crippen LogP contribution in [0.5, 0.6) is 0 Å². The molecule has 0 aliphatic heterocycles. The molecule has 6 atom stereocenters. The molecule has 1 aromatic heterocycles. The highest BCUT2D eigenvalue weighted by atomic mass is 16.5. The van der Waals surface area contributed by atoms with Crippen molar-refractivity contribution < 1.29 is 29.0 Å². The lowest BCUT2D eigenvalue weighted by Crippen LogP contribution is -2.74. The van der Waals surface area contributed by atoms with Gasteiger partial charge in [-0.1, -0.05) is 20.8 Å². The standard InChI is InChI=1S/C21H28O6/c1-11(22)27-16-5-7-19(2,3)21(25)10-14(23)17-13(20(16,21)4)9-15-12(18(17)24)6-8-26-15/h6,8,13-14,16-17,23,25H,5,7,9-10H2,1-4H3/t13-,14?,16?,17-,20-,21+/m0/s1. The van der Waals surface area contributed by atoms with Gasteiger partial charge in [0.15, 0.2) is 5.78 Å². The average molecular weight is 376 g/mol. The summed E-state index contributed by atoms with van der Waals surface area (Å²) >= 11 is 0. The van der Waals surface area contributed by atoms with Crippen LogP contribution in [-0.4, -0.2) is 39.8 Å². The number of rotatable bonds is 1. The van der Waals surface area contributed by atoms with Gasteiger partial charge < -0.3 is 19.4 Å². The molecule has 1 heterocycles. The first-order chi connectivity index (χ1) is 12.5. The van der Waals surface area contributed by atoms with Crippen molar-refractivity contribution in [1.82, 2.24) is 0 Å². The molecule has 6 nitrogen and oxygen atoms in total. The van der Waals surface area contributed by atoms with E-state index in [-0.39, 0.29) is 18.1 Å². The fourth-order valence-corrected chi connectivity index (χ4v) is 6.28. The molecule has 2 saturated carbocycles. The molecular weight excluding hydrogens is 348 g/mol. The monoisotopic (exact) mass is 376 g/mol. The third-order valence-corrected chi connectivity index (χ3v) is 7.86. The van der Waals surface area contributed by atoms with Gasteiger partial charge in [-0.15, -0.1) is 0 Å². The van der Waals surface area contributed by atoms with Crippen molar-refractivity contribution in [1.29, 1.82) is 0 Å². The number of hydrogen-bond acceptors (Lipinski definition) is 6. The molecule has 0 bridgehead atoms. The number of fused-ring (bicyclic) bond motifs is 4. The lowest BCUT2D eigenvalue weighted by molar-refractivity contribution is -0.289. The molecule has 0 saturated heterocycles. The molecular formula is C21H28O6. The van der Waals surface area contributed by atoms with Gasteiger partial charge in [-0.3, -0.25) is 9.59 Å². The van der Waals surface area contributed by atoms with E-state index in [0.717, 1.165) is 0 Å². The Balaban J connectivity index is 1.89. The minimum atomic E-state index is -1.27. The maximum atomic E-state index is 13.1. The Labute approximate surface area is 158 Å². The van der Waals surface area contributed by atoms with Crippen LogP contribution in [0.4, 0.5) is 0 Å². The highest BCUT2D eigenvalue weighted by Gasteiger charge is 2.71. The zero-order chi connectivity index (χ0) is 19.8. The van der Waals surface area contributed by atoms with Gasteiger partial charge in [0.2, 0.25) is 0 Å². The van der Waals surface area contributed by atoms with Crippen LogP contribution in [0.15, 0.2) is 16.7 Å². The molecule has 0 amide bonds. The quantitative estimate of drug-likeness (QED) is 0.731. The zero-order valence-corrected chi connectivity index (χ0v) is 16.3. The molecule has 0 radical (unpaired) electrons. The van der Waals surface area contributed by atoms with Gasteiger partial charge >= 0.3 is 5.97 Å². The number of ether oxygens (including phenoxy) is 1. The summed E-state index contributed by atoms with van der Waals surface area (Å²) in [7, 11) is 0. The van der Waals surface area contributed by atoms with Gasteiger partial charge in [-0.25, -0.2) is 0 Å². The number of furan rings is 1. The first-order valence-electron chi connectivity index (χ1n) is 9.71. The second-order valence-corrected chi connectivity index (χ2v) is 9.39. The zero-order valence-electron chi connectivity index (χ0n) is 16.3. The Morgan fingerprint density at radius 1 is 1.33 bits per heavy atom. The van der Waals surface area contributed by atoms with E-state index in [1.54, 1.807) is 6.07 Å². The van der Waals surface area contributed by atoms with E-state index in [1.165, 1.54) is 13.2 Å². The first kappa shape index (κ1) is 18.7. The summed E-state index contributed by atoms with van der Waals surface area (Å²) in [5.74, 6) is -0.958. The number of aliphatic hydroxyl groups excluding tert-OH is 1. The van der Waals surface area contributed by atoms with Crippen molar-refractivity contribution >= 4 is 11.8 Å². The normalized spacial score (nSPS) is 42.7. The highest BCUT2D eigenvalue weighted by Crippen LogP contribution is 2.65. The highest BCUT2D eigenvalue weighted by molar-refractivity contribution is 6.00. The molecule has 3 aliphatic carbocycles. The molecule has 2 fully saturated rings. The van der Waals surface area contributed by atoms with Crippen molar-refractivity contribution in [3.8, 4) is 0 Å². The van der Waals surface area contributed by atoms with E-state index in [2.05, 4.69) is 0 Å². The predicted molar refractivity (Wildman–Crippen MR) is 96.0 cm³/mol. The van der Waals surface area contributed by atoms with Crippen molar-refractivity contribution in [2.45, 2.75) is 71.2 Å². The largest absolute Gasteiger partial charge is 0.469 e. The van der Waals surface area contributed by atoms with Crippen LogP contribution in [0.1, 0.15) is 63.1 Å². The van der Waals surface area contributed by atoms with E-state index in [4.69, 9.17) is 9.15 Å². The van der Waals surface area contributed by atoms with E-state index in [9.17, 15) is 19.8 Å². The van der Waals surface area contributed by atoms with Crippen LogP contribution in [-0.2, 0) is 16.0 Å². The second kappa shape index (κ2) is 5.67. The Kier molecular flexibility index (Phi) is 3.93. The Bertz CT molecular complexity index is 794. The maximum Gasteiger partial charge on any atom is 0.302 e. The molecule has 0 spiro atoms. The van der Waals surface area contributed by atoms with Crippen LogP contribution < -0.4 is 0 Å². The molecule has 2 N–H and O–H groups in total. The minimum Gasteiger partial charge on any atom is -0.469 e. The van der Waals surface area contributed by atoms with Gasteiger partial charge in [0.25, 0.3) is 0 Å². The fourth-order valence-electron chi connectivity index (χ4n) is 6.28. The molecule has 4 rings (SSSR count). The lowest BCUT2D eigenvalue weighted by atomic mass is 9.40. The molecule has 2 unspecified atom stereocenters. The number of carbonyl (C=O) groups is 2. The summed E-state index contributed by atoms with van der Waals surface area (Å²) in [6.45, 7) is 7.27. The molecule has 3 aliphatic rings. The molecule has 148 valence electrons. The average Bonchev–Trinajstić information content (AvgIpc) is 3.03. The molecule has 6 heteroatoms. The summed E-state index contributed by atoms with van der Waals surface area (Å²) < 4.78 is 11.2. The van der Waals surface area contributed by atoms with E-state index in [0.29, 0.717) is 30.6 Å². The van der Waals surface area contributed by atoms with Crippen molar-refractivity contribution in [2.75, 3.05) is 0 Å². The van der Waals surface area contributed by atoms with Gasteiger partial charge in [-0.2, -0.15) is 0 Å². The minimum absolute atomic E-state index is 0.0916. The van der Waals surface area contributed by atoms with Crippen molar-refractivity contribution in [3.63, 3.8) is 0 Å². The Morgan fingerprint density at radius 2 is 2.04 bits per heavy atom. The van der Waals surface area contributed by atoms with E-state index < -0.39 is 40.5 Å². The van der Waals surface area contributed by atoms with E-state index >= 15 is 0 Å².